The molecule has 2 rings (SSSR count). The molecule has 0 saturated heterocycles. The fraction of sp³-hybridized carbons (Fsp3) is 0.300. The summed E-state index contributed by atoms with van der Waals surface area (Å²) in [6.07, 6.45) is 3.73. The molecule has 0 atom stereocenters. The molecule has 0 aliphatic carbocycles. The lowest BCUT2D eigenvalue weighted by molar-refractivity contribution is -0.123. The molecule has 132 valence electrons. The van der Waals surface area contributed by atoms with Crippen LogP contribution in [0.2, 0.25) is 0 Å². The van der Waals surface area contributed by atoms with Crippen LogP contribution >= 0.6 is 0 Å². The maximum Gasteiger partial charge on any atom is 0.277 e. The van der Waals surface area contributed by atoms with Gasteiger partial charge in [-0.3, -0.25) is 4.79 Å². The third-order valence-electron chi connectivity index (χ3n) is 3.44. The van der Waals surface area contributed by atoms with Gasteiger partial charge in [0.05, 0.1) is 12.8 Å². The lowest BCUT2D eigenvalue weighted by Gasteiger charge is -2.07. The van der Waals surface area contributed by atoms with Crippen LogP contribution in [-0.2, 0) is 4.79 Å². The van der Waals surface area contributed by atoms with Crippen LogP contribution < -0.4 is 14.9 Å². The first-order valence-electron chi connectivity index (χ1n) is 8.41. The number of hydrazone groups is 1. The van der Waals surface area contributed by atoms with E-state index in [1.165, 1.54) is 5.56 Å². The smallest absolute Gasteiger partial charge is 0.277 e. The molecule has 0 aliphatic rings. The van der Waals surface area contributed by atoms with Gasteiger partial charge < -0.3 is 9.47 Å². The first kappa shape index (κ1) is 18.5. The van der Waals surface area contributed by atoms with E-state index in [9.17, 15) is 4.79 Å². The Morgan fingerprint density at radius 3 is 2.32 bits per heavy atom. The van der Waals surface area contributed by atoms with E-state index in [0.29, 0.717) is 12.4 Å². The largest absolute Gasteiger partial charge is 0.494 e. The van der Waals surface area contributed by atoms with Crippen LogP contribution in [0.15, 0.2) is 53.6 Å². The number of unbranched alkanes of at least 4 members (excludes halogenated alkanes) is 1. The first-order chi connectivity index (χ1) is 12.2. The molecule has 2 aromatic rings. The van der Waals surface area contributed by atoms with Gasteiger partial charge in [0.2, 0.25) is 0 Å². The van der Waals surface area contributed by atoms with Gasteiger partial charge in [0, 0.05) is 0 Å². The molecule has 0 radical (unpaired) electrons. The number of nitrogens with one attached hydrogen (secondary N) is 1. The summed E-state index contributed by atoms with van der Waals surface area (Å²) in [7, 11) is 0. The molecule has 0 aliphatic heterocycles. The summed E-state index contributed by atoms with van der Waals surface area (Å²) in [5.74, 6) is 1.10. The monoisotopic (exact) mass is 340 g/mol. The van der Waals surface area contributed by atoms with Crippen LogP contribution in [0.3, 0.4) is 0 Å². The van der Waals surface area contributed by atoms with Gasteiger partial charge in [0.25, 0.3) is 5.91 Å². The van der Waals surface area contributed by atoms with Crippen molar-refractivity contribution >= 4 is 12.1 Å². The number of rotatable bonds is 9. The zero-order valence-electron chi connectivity index (χ0n) is 14.7. The molecular weight excluding hydrogens is 316 g/mol. The number of carbonyl (C=O) groups is 1. The number of nitrogens with zero attached hydrogens (tertiary/aromatic N) is 1. The highest BCUT2D eigenvalue weighted by molar-refractivity contribution is 5.82. The molecule has 0 saturated carbocycles. The predicted octanol–water partition coefficient (Wildman–Crippen LogP) is 3.70. The van der Waals surface area contributed by atoms with E-state index < -0.39 is 0 Å². The molecule has 5 nitrogen and oxygen atoms in total. The molecule has 25 heavy (non-hydrogen) atoms. The van der Waals surface area contributed by atoms with Gasteiger partial charge in [-0.15, -0.1) is 0 Å². The van der Waals surface area contributed by atoms with E-state index in [4.69, 9.17) is 9.47 Å². The first-order valence-corrected chi connectivity index (χ1v) is 8.41. The summed E-state index contributed by atoms with van der Waals surface area (Å²) < 4.78 is 11.0. The van der Waals surface area contributed by atoms with Crippen molar-refractivity contribution in [1.29, 1.82) is 0 Å². The fourth-order valence-corrected chi connectivity index (χ4v) is 1.98. The van der Waals surface area contributed by atoms with Gasteiger partial charge in [-0.1, -0.05) is 43.2 Å². The van der Waals surface area contributed by atoms with Crippen molar-refractivity contribution in [2.45, 2.75) is 26.7 Å². The fourth-order valence-electron chi connectivity index (χ4n) is 1.98. The summed E-state index contributed by atoms with van der Waals surface area (Å²) in [4.78, 5) is 11.7. The van der Waals surface area contributed by atoms with Crippen molar-refractivity contribution in [3.05, 3.63) is 59.7 Å². The molecule has 0 unspecified atom stereocenters. The summed E-state index contributed by atoms with van der Waals surface area (Å²) in [5.41, 5.74) is 4.54. The Labute approximate surface area is 148 Å². The van der Waals surface area contributed by atoms with Crippen LogP contribution in [0.1, 0.15) is 30.9 Å². The van der Waals surface area contributed by atoms with Crippen LogP contribution in [0.5, 0.6) is 11.5 Å². The van der Waals surface area contributed by atoms with Crippen LogP contribution in [0, 0.1) is 6.92 Å². The number of ether oxygens (including phenoxy) is 2. The van der Waals surface area contributed by atoms with E-state index in [0.717, 1.165) is 24.2 Å². The number of benzene rings is 2. The van der Waals surface area contributed by atoms with Crippen molar-refractivity contribution in [3.8, 4) is 11.5 Å². The third kappa shape index (κ3) is 7.08. The average Bonchev–Trinajstić information content (AvgIpc) is 2.63. The zero-order valence-corrected chi connectivity index (χ0v) is 14.7. The molecule has 0 aromatic heterocycles. The topological polar surface area (TPSA) is 59.9 Å². The Balaban J connectivity index is 1.71. The maximum absolute atomic E-state index is 11.7. The summed E-state index contributed by atoms with van der Waals surface area (Å²) in [6, 6.07) is 15.1. The Bertz CT molecular complexity index is 679. The molecule has 1 amide bonds. The molecule has 0 heterocycles. The minimum atomic E-state index is -0.313. The number of hydrogen-bond donors (Lipinski definition) is 1. The van der Waals surface area contributed by atoms with Crippen molar-refractivity contribution in [3.63, 3.8) is 0 Å². The van der Waals surface area contributed by atoms with E-state index in [2.05, 4.69) is 17.5 Å². The number of amides is 1. The van der Waals surface area contributed by atoms with Crippen LogP contribution in [0.4, 0.5) is 0 Å². The van der Waals surface area contributed by atoms with Gasteiger partial charge in [-0.05, 0) is 43.2 Å². The quantitative estimate of drug-likeness (QED) is 0.430. The lowest BCUT2D eigenvalue weighted by atomic mass is 10.2. The minimum Gasteiger partial charge on any atom is -0.494 e. The van der Waals surface area contributed by atoms with Crippen molar-refractivity contribution in [2.24, 2.45) is 5.10 Å². The van der Waals surface area contributed by atoms with Gasteiger partial charge in [0.1, 0.15) is 11.5 Å². The Morgan fingerprint density at radius 1 is 1.04 bits per heavy atom. The highest BCUT2D eigenvalue weighted by Crippen LogP contribution is 2.17. The van der Waals surface area contributed by atoms with Crippen LogP contribution in [-0.4, -0.2) is 25.3 Å². The van der Waals surface area contributed by atoms with Crippen molar-refractivity contribution < 1.29 is 14.3 Å². The molecule has 1 N–H and O–H groups in total. The predicted molar refractivity (Wildman–Crippen MR) is 99.3 cm³/mol. The van der Waals surface area contributed by atoms with Gasteiger partial charge in [0.15, 0.2) is 6.61 Å². The molecule has 2 aromatic carbocycles. The van der Waals surface area contributed by atoms with Gasteiger partial charge in [-0.2, -0.15) is 5.10 Å². The highest BCUT2D eigenvalue weighted by atomic mass is 16.5. The second-order valence-electron chi connectivity index (χ2n) is 5.67. The van der Waals surface area contributed by atoms with Crippen molar-refractivity contribution in [2.75, 3.05) is 13.2 Å². The van der Waals surface area contributed by atoms with Gasteiger partial charge in [-0.25, -0.2) is 5.43 Å². The molecule has 5 heteroatoms. The van der Waals surface area contributed by atoms with Crippen LogP contribution in [0.25, 0.3) is 0 Å². The summed E-state index contributed by atoms with van der Waals surface area (Å²) in [5, 5.41) is 3.91. The Kier molecular flexibility index (Phi) is 7.50. The molecule has 0 spiro atoms. The second kappa shape index (κ2) is 10.1. The average molecular weight is 340 g/mol. The van der Waals surface area contributed by atoms with Crippen molar-refractivity contribution in [1.82, 2.24) is 5.43 Å². The molecule has 0 fully saturated rings. The SMILES string of the molecule is CCCCOc1ccc(OCC(=O)N/N=C/c2ccc(C)cc2)cc1. The number of aryl methyl sites for hydroxylation is 1. The Hall–Kier alpha value is -2.82. The second-order valence-corrected chi connectivity index (χ2v) is 5.67. The van der Waals surface area contributed by atoms with E-state index >= 15 is 0 Å². The molecule has 0 bridgehead atoms. The normalized spacial score (nSPS) is 10.6. The standard InChI is InChI=1S/C20H24N2O3/c1-3-4-13-24-18-9-11-19(12-10-18)25-15-20(23)22-21-14-17-7-5-16(2)6-8-17/h5-12,14H,3-4,13,15H2,1-2H3,(H,22,23)/b21-14+. The van der Waals surface area contributed by atoms with E-state index in [-0.39, 0.29) is 12.5 Å². The van der Waals surface area contributed by atoms with E-state index in [1.807, 2.05) is 43.3 Å². The minimum absolute atomic E-state index is 0.0960. The number of carbonyl (C=O) groups excluding carboxylic acids is 1. The lowest BCUT2D eigenvalue weighted by Crippen LogP contribution is -2.24. The van der Waals surface area contributed by atoms with Gasteiger partial charge >= 0.3 is 0 Å². The third-order valence-corrected chi connectivity index (χ3v) is 3.44. The zero-order chi connectivity index (χ0) is 17.9. The summed E-state index contributed by atoms with van der Waals surface area (Å²) in [6.45, 7) is 4.75. The van der Waals surface area contributed by atoms with E-state index in [1.54, 1.807) is 18.3 Å². The molecular formula is C20H24N2O3. The number of hydrogen-bond acceptors (Lipinski definition) is 4. The highest BCUT2D eigenvalue weighted by Gasteiger charge is 2.02. The Morgan fingerprint density at radius 2 is 1.68 bits per heavy atom. The summed E-state index contributed by atoms with van der Waals surface area (Å²) >= 11 is 0. The maximum atomic E-state index is 11.7.